The number of carbonyl (C=O) groups excluding carboxylic acids is 1. The Morgan fingerprint density at radius 2 is 1.37 bits per heavy atom. The second-order valence-electron chi connectivity index (χ2n) is 8.41. The third-order valence-electron chi connectivity index (χ3n) is 6.17. The fraction of sp³-hybridized carbons (Fsp3) is 0.0323. The van der Waals surface area contributed by atoms with Crippen LogP contribution >= 0.6 is 11.8 Å². The first-order valence-corrected chi connectivity index (χ1v) is 12.5. The molecule has 0 fully saturated rings. The summed E-state index contributed by atoms with van der Waals surface area (Å²) < 4.78 is 1.95. The van der Waals surface area contributed by atoms with Crippen LogP contribution in [0.2, 0.25) is 0 Å². The minimum atomic E-state index is -0.0250. The van der Waals surface area contributed by atoms with E-state index in [9.17, 15) is 4.79 Å². The third-order valence-corrected chi connectivity index (χ3v) is 7.21. The second-order valence-corrected chi connectivity index (χ2v) is 9.37. The molecule has 6 aromatic rings. The lowest BCUT2D eigenvalue weighted by Crippen LogP contribution is -2.07. The Morgan fingerprint density at radius 1 is 0.714 bits per heavy atom. The fourth-order valence-electron chi connectivity index (χ4n) is 4.36. The molecule has 0 unspecified atom stereocenters. The minimum Gasteiger partial charge on any atom is -0.295 e. The first-order valence-electron chi connectivity index (χ1n) is 11.5. The monoisotopic (exact) mass is 470 g/mol. The zero-order chi connectivity index (χ0) is 23.6. The number of ketones is 1. The van der Waals surface area contributed by atoms with Crippen molar-refractivity contribution in [3.63, 3.8) is 0 Å². The van der Waals surface area contributed by atoms with Gasteiger partial charge in [0.15, 0.2) is 0 Å². The highest BCUT2D eigenvalue weighted by molar-refractivity contribution is 7.98. The maximum atomic E-state index is 13.9. The summed E-state index contributed by atoms with van der Waals surface area (Å²) in [7, 11) is 0. The van der Waals surface area contributed by atoms with Crippen LogP contribution in [0, 0.1) is 0 Å². The van der Waals surface area contributed by atoms with E-state index in [4.69, 9.17) is 4.98 Å². The number of imidazole rings is 1. The molecule has 0 saturated heterocycles. The van der Waals surface area contributed by atoms with Gasteiger partial charge in [-0.05, 0) is 28.1 Å². The Morgan fingerprint density at radius 3 is 2.14 bits per heavy atom. The van der Waals surface area contributed by atoms with Crippen LogP contribution in [0.25, 0.3) is 27.5 Å². The van der Waals surface area contributed by atoms with Gasteiger partial charge >= 0.3 is 0 Å². The van der Waals surface area contributed by atoms with Crippen LogP contribution in [-0.4, -0.2) is 15.2 Å². The van der Waals surface area contributed by atoms with E-state index in [1.165, 1.54) is 5.56 Å². The second kappa shape index (κ2) is 9.24. The maximum Gasteiger partial charge on any atom is 0.212 e. The van der Waals surface area contributed by atoms with Crippen LogP contribution in [0.3, 0.4) is 0 Å². The summed E-state index contributed by atoms with van der Waals surface area (Å²) in [6.07, 6.45) is 1.96. The lowest BCUT2D eigenvalue weighted by atomic mass is 10.0. The van der Waals surface area contributed by atoms with E-state index in [0.29, 0.717) is 11.3 Å². The lowest BCUT2D eigenvalue weighted by molar-refractivity contribution is 0.103. The summed E-state index contributed by atoms with van der Waals surface area (Å²) in [6, 6.07) is 38.5. The molecule has 0 aliphatic heterocycles. The van der Waals surface area contributed by atoms with Crippen molar-refractivity contribution in [1.29, 1.82) is 0 Å². The largest absolute Gasteiger partial charge is 0.295 e. The van der Waals surface area contributed by atoms with E-state index in [2.05, 4.69) is 36.4 Å². The Kier molecular flexibility index (Phi) is 5.65. The fourth-order valence-corrected chi connectivity index (χ4v) is 5.34. The van der Waals surface area contributed by atoms with Gasteiger partial charge in [-0.2, -0.15) is 0 Å². The van der Waals surface area contributed by atoms with E-state index in [-0.39, 0.29) is 5.78 Å². The van der Waals surface area contributed by atoms with E-state index >= 15 is 0 Å². The van der Waals surface area contributed by atoms with Gasteiger partial charge in [0.05, 0.1) is 0 Å². The van der Waals surface area contributed by atoms with Crippen molar-refractivity contribution >= 4 is 34.0 Å². The molecule has 0 amide bonds. The number of fused-ring (bicyclic) bond motifs is 3. The predicted octanol–water partition coefficient (Wildman–Crippen LogP) is 7.68. The normalized spacial score (nSPS) is 11.2. The number of hydrogen-bond acceptors (Lipinski definition) is 3. The van der Waals surface area contributed by atoms with Crippen molar-refractivity contribution in [3.8, 4) is 11.1 Å². The summed E-state index contributed by atoms with van der Waals surface area (Å²) in [5.41, 5.74) is 5.49. The number of aromatic nitrogens is 2. The van der Waals surface area contributed by atoms with Crippen LogP contribution in [0.4, 0.5) is 0 Å². The lowest BCUT2D eigenvalue weighted by Gasteiger charge is -2.07. The highest BCUT2D eigenvalue weighted by Gasteiger charge is 2.22. The van der Waals surface area contributed by atoms with Crippen molar-refractivity contribution in [3.05, 3.63) is 138 Å². The molecule has 4 heteroatoms. The zero-order valence-electron chi connectivity index (χ0n) is 19.0. The Hall–Kier alpha value is -4.15. The molecule has 0 spiro atoms. The molecule has 2 heterocycles. The molecule has 2 aromatic heterocycles. The number of pyridine rings is 1. The summed E-state index contributed by atoms with van der Waals surface area (Å²) in [5, 5.41) is 2.90. The molecule has 0 aliphatic rings. The number of thioether (sulfide) groups is 1. The third kappa shape index (κ3) is 4.13. The number of benzene rings is 4. The smallest absolute Gasteiger partial charge is 0.212 e. The highest BCUT2D eigenvalue weighted by Crippen LogP contribution is 2.32. The average molecular weight is 471 g/mol. The van der Waals surface area contributed by atoms with Gasteiger partial charge in [0.2, 0.25) is 5.78 Å². The van der Waals surface area contributed by atoms with E-state index < -0.39 is 0 Å². The van der Waals surface area contributed by atoms with E-state index in [1.54, 1.807) is 11.8 Å². The van der Waals surface area contributed by atoms with Gasteiger partial charge in [-0.1, -0.05) is 121 Å². The summed E-state index contributed by atoms with van der Waals surface area (Å²) in [6.45, 7) is 0. The molecule has 4 aromatic carbocycles. The molecule has 0 aliphatic carbocycles. The van der Waals surface area contributed by atoms with Crippen LogP contribution in [0.1, 0.15) is 21.6 Å². The number of nitrogens with zero attached hydrogens (tertiary/aromatic N) is 2. The van der Waals surface area contributed by atoms with Crippen molar-refractivity contribution in [2.75, 3.05) is 0 Å². The summed E-state index contributed by atoms with van der Waals surface area (Å²) in [5.74, 6) is 0.721. The average Bonchev–Trinajstić information content (AvgIpc) is 3.31. The molecule has 0 saturated carbocycles. The van der Waals surface area contributed by atoms with Gasteiger partial charge in [0.25, 0.3) is 0 Å². The highest BCUT2D eigenvalue weighted by atomic mass is 32.2. The van der Waals surface area contributed by atoms with Crippen molar-refractivity contribution in [1.82, 2.24) is 9.38 Å². The molecule has 168 valence electrons. The molecular formula is C31H22N2OS. The topological polar surface area (TPSA) is 34.4 Å². The van der Waals surface area contributed by atoms with Crippen molar-refractivity contribution in [2.24, 2.45) is 0 Å². The van der Waals surface area contributed by atoms with Gasteiger partial charge in [-0.3, -0.25) is 9.20 Å². The first-order chi connectivity index (χ1) is 17.3. The standard InChI is InChI=1S/C31H22N2OS/c34-29(26-17-15-24(16-18-26)23-11-5-2-6-12-23)28-31(35-21-22-9-3-1-4-10-22)32-30-27-14-8-7-13-25(27)19-20-33(28)30/h1-20H,21H2. The molecule has 0 N–H and O–H groups in total. The van der Waals surface area contributed by atoms with Gasteiger partial charge in [0.1, 0.15) is 16.4 Å². The number of hydrogen-bond donors (Lipinski definition) is 0. The van der Waals surface area contributed by atoms with Crippen LogP contribution < -0.4 is 0 Å². The van der Waals surface area contributed by atoms with Crippen LogP contribution in [0.15, 0.2) is 126 Å². The Labute approximate surface area is 208 Å². The van der Waals surface area contributed by atoms with Gasteiger partial charge in [-0.25, -0.2) is 4.98 Å². The molecule has 0 radical (unpaired) electrons. The molecule has 0 bridgehead atoms. The molecule has 0 atom stereocenters. The quantitative estimate of drug-likeness (QED) is 0.185. The molecule has 35 heavy (non-hydrogen) atoms. The summed E-state index contributed by atoms with van der Waals surface area (Å²) in [4.78, 5) is 18.8. The Balaban J connectivity index is 1.43. The molecule has 6 rings (SSSR count). The van der Waals surface area contributed by atoms with E-state index in [0.717, 1.165) is 38.3 Å². The van der Waals surface area contributed by atoms with Crippen molar-refractivity contribution < 1.29 is 4.79 Å². The summed E-state index contributed by atoms with van der Waals surface area (Å²) >= 11 is 1.60. The zero-order valence-corrected chi connectivity index (χ0v) is 19.8. The Bertz CT molecular complexity index is 1640. The molecular weight excluding hydrogens is 448 g/mol. The van der Waals surface area contributed by atoms with Gasteiger partial charge in [-0.15, -0.1) is 0 Å². The number of carbonyl (C=O) groups is 1. The van der Waals surface area contributed by atoms with E-state index in [1.807, 2.05) is 89.5 Å². The minimum absolute atomic E-state index is 0.0250. The van der Waals surface area contributed by atoms with Crippen LogP contribution in [-0.2, 0) is 5.75 Å². The van der Waals surface area contributed by atoms with Crippen LogP contribution in [0.5, 0.6) is 0 Å². The molecule has 3 nitrogen and oxygen atoms in total. The van der Waals surface area contributed by atoms with Crippen molar-refractivity contribution in [2.45, 2.75) is 10.8 Å². The first kappa shape index (κ1) is 21.4. The predicted molar refractivity (Wildman–Crippen MR) is 144 cm³/mol. The number of rotatable bonds is 6. The SMILES string of the molecule is O=C(c1ccc(-c2ccccc2)cc1)c1c(SCc2ccccc2)nc2c3ccccc3ccn12. The van der Waals surface area contributed by atoms with Gasteiger partial charge in [0, 0.05) is 22.9 Å². The maximum absolute atomic E-state index is 13.9. The van der Waals surface area contributed by atoms with Gasteiger partial charge < -0.3 is 0 Å².